The maximum absolute atomic E-state index is 5.57. The Morgan fingerprint density at radius 1 is 1.39 bits per heavy atom. The topological polar surface area (TPSA) is 43.4 Å². The lowest BCUT2D eigenvalue weighted by Gasteiger charge is -2.08. The zero-order valence-corrected chi connectivity index (χ0v) is 11.0. The van der Waals surface area contributed by atoms with Gasteiger partial charge >= 0.3 is 0 Å². The Labute approximate surface area is 109 Å². The van der Waals surface area contributed by atoms with Gasteiger partial charge in [-0.3, -0.25) is 0 Å². The molecule has 0 saturated heterocycles. The van der Waals surface area contributed by atoms with Crippen LogP contribution in [0.15, 0.2) is 18.2 Å². The third-order valence-corrected chi connectivity index (χ3v) is 2.84. The van der Waals surface area contributed by atoms with E-state index in [1.807, 2.05) is 25.1 Å². The second-order valence-corrected chi connectivity index (χ2v) is 4.59. The molecule has 4 nitrogen and oxygen atoms in total. The molecule has 1 aromatic rings. The summed E-state index contributed by atoms with van der Waals surface area (Å²) in [6.45, 7) is 5.25. The first kappa shape index (κ1) is 13.1. The SMILES string of the molecule is CCOc1cccc(NCCCOCC2CC2)n1. The Kier molecular flexibility index (Phi) is 5.27. The lowest BCUT2D eigenvalue weighted by molar-refractivity contribution is 0.124. The van der Waals surface area contributed by atoms with E-state index in [0.717, 1.165) is 37.9 Å². The summed E-state index contributed by atoms with van der Waals surface area (Å²) in [5, 5.41) is 3.28. The Morgan fingerprint density at radius 2 is 2.28 bits per heavy atom. The molecule has 1 heterocycles. The molecule has 1 saturated carbocycles. The first-order chi connectivity index (χ1) is 8.88. The second-order valence-electron chi connectivity index (χ2n) is 4.59. The zero-order valence-electron chi connectivity index (χ0n) is 11.0. The molecule has 1 aliphatic carbocycles. The summed E-state index contributed by atoms with van der Waals surface area (Å²) in [4.78, 5) is 4.34. The molecule has 18 heavy (non-hydrogen) atoms. The Balaban J connectivity index is 1.58. The van der Waals surface area contributed by atoms with Crippen LogP contribution >= 0.6 is 0 Å². The van der Waals surface area contributed by atoms with E-state index in [4.69, 9.17) is 9.47 Å². The van der Waals surface area contributed by atoms with Gasteiger partial charge in [-0.05, 0) is 38.2 Å². The number of pyridine rings is 1. The summed E-state index contributed by atoms with van der Waals surface area (Å²) in [6, 6.07) is 5.77. The van der Waals surface area contributed by atoms with Crippen molar-refractivity contribution in [3.05, 3.63) is 18.2 Å². The van der Waals surface area contributed by atoms with Crippen LogP contribution in [0.3, 0.4) is 0 Å². The van der Waals surface area contributed by atoms with Gasteiger partial charge in [-0.1, -0.05) is 6.07 Å². The molecule has 0 aliphatic heterocycles. The largest absolute Gasteiger partial charge is 0.478 e. The van der Waals surface area contributed by atoms with Gasteiger partial charge in [-0.15, -0.1) is 0 Å². The quantitative estimate of drug-likeness (QED) is 0.684. The number of hydrogen-bond acceptors (Lipinski definition) is 4. The Bertz CT molecular complexity index is 353. The van der Waals surface area contributed by atoms with Crippen molar-refractivity contribution in [2.45, 2.75) is 26.2 Å². The minimum absolute atomic E-state index is 0.644. The molecule has 2 rings (SSSR count). The van der Waals surface area contributed by atoms with E-state index in [2.05, 4.69) is 10.3 Å². The number of nitrogens with one attached hydrogen (secondary N) is 1. The molecule has 100 valence electrons. The number of ether oxygens (including phenoxy) is 2. The molecule has 0 radical (unpaired) electrons. The molecule has 0 unspecified atom stereocenters. The molecule has 0 atom stereocenters. The minimum atomic E-state index is 0.644. The van der Waals surface area contributed by atoms with Crippen molar-refractivity contribution in [2.75, 3.05) is 31.7 Å². The van der Waals surface area contributed by atoms with Gasteiger partial charge in [-0.25, -0.2) is 0 Å². The average Bonchev–Trinajstić information content (AvgIpc) is 3.19. The fourth-order valence-electron chi connectivity index (χ4n) is 1.67. The number of anilines is 1. The van der Waals surface area contributed by atoms with Crippen LogP contribution in [0.5, 0.6) is 5.88 Å². The molecule has 0 bridgehead atoms. The second kappa shape index (κ2) is 7.21. The number of hydrogen-bond donors (Lipinski definition) is 1. The van der Waals surface area contributed by atoms with Crippen molar-refractivity contribution in [2.24, 2.45) is 5.92 Å². The van der Waals surface area contributed by atoms with Gasteiger partial charge in [0.15, 0.2) is 0 Å². The summed E-state index contributed by atoms with van der Waals surface area (Å²) >= 11 is 0. The van der Waals surface area contributed by atoms with Crippen LogP contribution in [-0.4, -0.2) is 31.3 Å². The highest BCUT2D eigenvalue weighted by Gasteiger charge is 2.20. The molecule has 0 aromatic carbocycles. The van der Waals surface area contributed by atoms with Crippen LogP contribution < -0.4 is 10.1 Å². The average molecular weight is 250 g/mol. The molecule has 1 aliphatic rings. The van der Waals surface area contributed by atoms with Gasteiger partial charge in [0.2, 0.25) is 5.88 Å². The zero-order chi connectivity index (χ0) is 12.6. The van der Waals surface area contributed by atoms with E-state index in [1.54, 1.807) is 0 Å². The highest BCUT2D eigenvalue weighted by molar-refractivity contribution is 5.36. The van der Waals surface area contributed by atoms with E-state index < -0.39 is 0 Å². The molecule has 4 heteroatoms. The summed E-state index contributed by atoms with van der Waals surface area (Å²) in [5.74, 6) is 2.39. The van der Waals surface area contributed by atoms with Gasteiger partial charge in [0, 0.05) is 25.8 Å². The standard InChI is InChI=1S/C14H22N2O2/c1-2-18-14-6-3-5-13(16-14)15-9-4-10-17-11-12-7-8-12/h3,5-6,12H,2,4,7-11H2,1H3,(H,15,16). The highest BCUT2D eigenvalue weighted by atomic mass is 16.5. The lowest BCUT2D eigenvalue weighted by atomic mass is 10.4. The fourth-order valence-corrected chi connectivity index (χ4v) is 1.67. The third kappa shape index (κ3) is 4.92. The van der Waals surface area contributed by atoms with Crippen molar-refractivity contribution in [3.8, 4) is 5.88 Å². The van der Waals surface area contributed by atoms with E-state index in [0.29, 0.717) is 12.5 Å². The molecule has 1 aromatic heterocycles. The summed E-state index contributed by atoms with van der Waals surface area (Å²) in [7, 11) is 0. The Hall–Kier alpha value is -1.29. The van der Waals surface area contributed by atoms with Crippen LogP contribution in [0.4, 0.5) is 5.82 Å². The lowest BCUT2D eigenvalue weighted by Crippen LogP contribution is -2.08. The summed E-state index contributed by atoms with van der Waals surface area (Å²) in [5.41, 5.74) is 0. The van der Waals surface area contributed by atoms with Crippen LogP contribution in [0, 0.1) is 5.92 Å². The number of aromatic nitrogens is 1. The van der Waals surface area contributed by atoms with Crippen molar-refractivity contribution < 1.29 is 9.47 Å². The van der Waals surface area contributed by atoms with E-state index >= 15 is 0 Å². The van der Waals surface area contributed by atoms with Crippen molar-refractivity contribution in [1.29, 1.82) is 0 Å². The van der Waals surface area contributed by atoms with Gasteiger partial charge in [0.1, 0.15) is 5.82 Å². The van der Waals surface area contributed by atoms with Gasteiger partial charge < -0.3 is 14.8 Å². The maximum atomic E-state index is 5.57. The monoisotopic (exact) mass is 250 g/mol. The molecule has 0 amide bonds. The van der Waals surface area contributed by atoms with Gasteiger partial charge in [-0.2, -0.15) is 4.98 Å². The van der Waals surface area contributed by atoms with Crippen molar-refractivity contribution >= 4 is 5.82 Å². The van der Waals surface area contributed by atoms with E-state index in [-0.39, 0.29) is 0 Å². The predicted octanol–water partition coefficient (Wildman–Crippen LogP) is 2.71. The summed E-state index contributed by atoms with van der Waals surface area (Å²) < 4.78 is 10.9. The first-order valence-corrected chi connectivity index (χ1v) is 6.80. The third-order valence-electron chi connectivity index (χ3n) is 2.84. The minimum Gasteiger partial charge on any atom is -0.478 e. The maximum Gasteiger partial charge on any atom is 0.215 e. The van der Waals surface area contributed by atoms with Gasteiger partial charge in [0.05, 0.1) is 6.61 Å². The van der Waals surface area contributed by atoms with Crippen LogP contribution in [0.2, 0.25) is 0 Å². The highest BCUT2D eigenvalue weighted by Crippen LogP contribution is 2.28. The molecular formula is C14H22N2O2. The van der Waals surface area contributed by atoms with E-state index in [9.17, 15) is 0 Å². The Morgan fingerprint density at radius 3 is 3.06 bits per heavy atom. The van der Waals surface area contributed by atoms with Crippen LogP contribution in [0.1, 0.15) is 26.2 Å². The van der Waals surface area contributed by atoms with Crippen LogP contribution in [0.25, 0.3) is 0 Å². The molecule has 1 N–H and O–H groups in total. The molecule has 1 fully saturated rings. The van der Waals surface area contributed by atoms with Crippen molar-refractivity contribution in [1.82, 2.24) is 4.98 Å². The number of nitrogens with zero attached hydrogens (tertiary/aromatic N) is 1. The normalized spacial score (nSPS) is 14.5. The smallest absolute Gasteiger partial charge is 0.215 e. The van der Waals surface area contributed by atoms with Crippen molar-refractivity contribution in [3.63, 3.8) is 0 Å². The number of rotatable bonds is 9. The van der Waals surface area contributed by atoms with E-state index in [1.165, 1.54) is 12.8 Å². The predicted molar refractivity (Wildman–Crippen MR) is 72.1 cm³/mol. The summed E-state index contributed by atoms with van der Waals surface area (Å²) in [6.07, 6.45) is 3.71. The fraction of sp³-hybridized carbons (Fsp3) is 0.643. The molecule has 0 spiro atoms. The molecular weight excluding hydrogens is 228 g/mol. The first-order valence-electron chi connectivity index (χ1n) is 6.80. The van der Waals surface area contributed by atoms with Gasteiger partial charge in [0.25, 0.3) is 0 Å². The van der Waals surface area contributed by atoms with Crippen LogP contribution in [-0.2, 0) is 4.74 Å².